The second kappa shape index (κ2) is 3.49. The summed E-state index contributed by atoms with van der Waals surface area (Å²) in [5.41, 5.74) is -0.783. The van der Waals surface area contributed by atoms with Crippen molar-refractivity contribution in [2.75, 3.05) is 5.32 Å². The number of aromatic nitrogens is 1. The second-order valence-electron chi connectivity index (χ2n) is 3.72. The van der Waals surface area contributed by atoms with Crippen molar-refractivity contribution >= 4 is 11.7 Å². The number of nitrogens with zero attached hydrogens (tertiary/aromatic N) is 1. The number of hydrogen-bond donors (Lipinski definition) is 2. The van der Waals surface area contributed by atoms with Gasteiger partial charge in [-0.25, -0.2) is 9.18 Å². The van der Waals surface area contributed by atoms with E-state index in [4.69, 9.17) is 5.11 Å². The highest BCUT2D eigenvalue weighted by atomic mass is 19.1. The molecule has 1 saturated carbocycles. The zero-order valence-electron chi connectivity index (χ0n) is 8.03. The average Bonchev–Trinajstić information content (AvgIpc) is 2.13. The Bertz CT molecular complexity index is 391. The first-order valence-corrected chi connectivity index (χ1v) is 4.75. The average molecular weight is 210 g/mol. The van der Waals surface area contributed by atoms with Gasteiger partial charge >= 0.3 is 5.97 Å². The molecular weight excluding hydrogens is 199 g/mol. The van der Waals surface area contributed by atoms with Crippen molar-refractivity contribution in [1.82, 2.24) is 4.98 Å². The maximum Gasteiger partial charge on any atom is 0.329 e. The smallest absolute Gasteiger partial charge is 0.329 e. The summed E-state index contributed by atoms with van der Waals surface area (Å²) in [4.78, 5) is 14.6. The van der Waals surface area contributed by atoms with Gasteiger partial charge in [0.2, 0.25) is 0 Å². The van der Waals surface area contributed by atoms with E-state index in [2.05, 4.69) is 10.3 Å². The van der Waals surface area contributed by atoms with Gasteiger partial charge in [-0.05, 0) is 25.3 Å². The molecule has 15 heavy (non-hydrogen) atoms. The number of carboxylic acid groups (broad SMARTS) is 1. The SMILES string of the molecule is O=C(O)C1(Nc2ccncc2F)CCC1. The largest absolute Gasteiger partial charge is 0.480 e. The van der Waals surface area contributed by atoms with Crippen molar-refractivity contribution in [1.29, 1.82) is 0 Å². The molecular formula is C10H11FN2O2. The standard InChI is InChI=1S/C10H11FN2O2/c11-7-6-12-5-2-8(7)13-10(9(14)15)3-1-4-10/h2,5-6H,1,3-4H2,(H,12,13)(H,14,15). The number of carboxylic acids is 1. The first-order valence-electron chi connectivity index (χ1n) is 4.75. The zero-order chi connectivity index (χ0) is 10.9. The lowest BCUT2D eigenvalue weighted by molar-refractivity contribution is -0.145. The van der Waals surface area contributed by atoms with Gasteiger partial charge in [0.05, 0.1) is 11.9 Å². The van der Waals surface area contributed by atoms with Crippen molar-refractivity contribution in [3.63, 3.8) is 0 Å². The van der Waals surface area contributed by atoms with Crippen LogP contribution >= 0.6 is 0 Å². The normalized spacial score (nSPS) is 17.9. The lowest BCUT2D eigenvalue weighted by atomic mass is 9.76. The van der Waals surface area contributed by atoms with Crippen LogP contribution in [0.15, 0.2) is 18.5 Å². The quantitative estimate of drug-likeness (QED) is 0.796. The molecule has 5 heteroatoms. The third-order valence-corrected chi connectivity index (χ3v) is 2.76. The number of hydrogen-bond acceptors (Lipinski definition) is 3. The van der Waals surface area contributed by atoms with Crippen LogP contribution in [-0.4, -0.2) is 21.6 Å². The molecule has 0 saturated heterocycles. The third kappa shape index (κ3) is 1.65. The first-order chi connectivity index (χ1) is 7.14. The number of anilines is 1. The number of carbonyl (C=O) groups is 1. The highest BCUT2D eigenvalue weighted by molar-refractivity contribution is 5.84. The summed E-state index contributed by atoms with van der Waals surface area (Å²) in [5.74, 6) is -1.45. The second-order valence-corrected chi connectivity index (χ2v) is 3.72. The fourth-order valence-electron chi connectivity index (χ4n) is 1.66. The van der Waals surface area contributed by atoms with E-state index in [1.807, 2.05) is 0 Å². The predicted molar refractivity (Wildman–Crippen MR) is 52.0 cm³/mol. The van der Waals surface area contributed by atoms with E-state index >= 15 is 0 Å². The molecule has 1 aromatic rings. The molecule has 2 N–H and O–H groups in total. The molecule has 0 atom stereocenters. The lowest BCUT2D eigenvalue weighted by Crippen LogP contribution is -2.52. The molecule has 1 aliphatic carbocycles. The van der Waals surface area contributed by atoms with Gasteiger partial charge < -0.3 is 10.4 Å². The summed E-state index contributed by atoms with van der Waals surface area (Å²) in [6, 6.07) is 1.44. The van der Waals surface area contributed by atoms with Crippen LogP contribution in [0.3, 0.4) is 0 Å². The van der Waals surface area contributed by atoms with Crippen LogP contribution in [0.1, 0.15) is 19.3 Å². The summed E-state index contributed by atoms with van der Waals surface area (Å²) < 4.78 is 13.2. The van der Waals surface area contributed by atoms with Gasteiger partial charge in [-0.15, -0.1) is 0 Å². The minimum atomic E-state index is -0.984. The Labute approximate surface area is 86.1 Å². The van der Waals surface area contributed by atoms with Crippen LogP contribution in [0.5, 0.6) is 0 Å². The summed E-state index contributed by atoms with van der Waals surface area (Å²) >= 11 is 0. The molecule has 1 aliphatic rings. The summed E-state index contributed by atoms with van der Waals surface area (Å²) in [7, 11) is 0. The third-order valence-electron chi connectivity index (χ3n) is 2.76. The molecule has 0 bridgehead atoms. The Morgan fingerprint density at radius 2 is 2.33 bits per heavy atom. The molecule has 0 aliphatic heterocycles. The topological polar surface area (TPSA) is 62.2 Å². The van der Waals surface area contributed by atoms with Gasteiger partial charge in [-0.3, -0.25) is 4.98 Å². The van der Waals surface area contributed by atoms with E-state index in [-0.39, 0.29) is 5.69 Å². The fourth-order valence-corrected chi connectivity index (χ4v) is 1.66. The van der Waals surface area contributed by atoms with Gasteiger partial charge in [0, 0.05) is 6.20 Å². The van der Waals surface area contributed by atoms with Crippen molar-refractivity contribution in [2.24, 2.45) is 0 Å². The van der Waals surface area contributed by atoms with Crippen molar-refractivity contribution in [3.05, 3.63) is 24.3 Å². The molecule has 1 aromatic heterocycles. The number of halogens is 1. The van der Waals surface area contributed by atoms with Gasteiger partial charge in [0.15, 0.2) is 5.82 Å². The number of pyridine rings is 1. The van der Waals surface area contributed by atoms with E-state index in [0.29, 0.717) is 12.8 Å². The Hall–Kier alpha value is -1.65. The van der Waals surface area contributed by atoms with Crippen molar-refractivity contribution in [2.45, 2.75) is 24.8 Å². The fraction of sp³-hybridized carbons (Fsp3) is 0.400. The number of aliphatic carboxylic acids is 1. The Balaban J connectivity index is 2.21. The Morgan fingerprint density at radius 3 is 2.80 bits per heavy atom. The van der Waals surface area contributed by atoms with Gasteiger partial charge in [0.1, 0.15) is 5.54 Å². The summed E-state index contributed by atoms with van der Waals surface area (Å²) in [5, 5.41) is 11.8. The number of nitrogens with one attached hydrogen (secondary N) is 1. The van der Waals surface area contributed by atoms with Crippen molar-refractivity contribution < 1.29 is 14.3 Å². The molecule has 0 unspecified atom stereocenters. The van der Waals surface area contributed by atoms with Crippen LogP contribution < -0.4 is 5.32 Å². The molecule has 0 amide bonds. The van der Waals surface area contributed by atoms with Crippen LogP contribution in [-0.2, 0) is 4.79 Å². The van der Waals surface area contributed by atoms with E-state index in [0.717, 1.165) is 12.6 Å². The van der Waals surface area contributed by atoms with E-state index < -0.39 is 17.3 Å². The predicted octanol–water partition coefficient (Wildman–Crippen LogP) is 1.64. The molecule has 0 aromatic carbocycles. The van der Waals surface area contributed by atoms with Gasteiger partial charge in [-0.1, -0.05) is 0 Å². The highest BCUT2D eigenvalue weighted by Crippen LogP contribution is 2.35. The number of rotatable bonds is 3. The molecule has 0 spiro atoms. The highest BCUT2D eigenvalue weighted by Gasteiger charge is 2.44. The zero-order valence-corrected chi connectivity index (χ0v) is 8.03. The molecule has 1 heterocycles. The van der Waals surface area contributed by atoms with Crippen LogP contribution in [0.2, 0.25) is 0 Å². The van der Waals surface area contributed by atoms with Crippen LogP contribution in [0, 0.1) is 5.82 Å². The van der Waals surface area contributed by atoms with Gasteiger partial charge in [0.25, 0.3) is 0 Å². The van der Waals surface area contributed by atoms with Crippen molar-refractivity contribution in [3.8, 4) is 0 Å². The van der Waals surface area contributed by atoms with Crippen LogP contribution in [0.25, 0.3) is 0 Å². The summed E-state index contributed by atoms with van der Waals surface area (Å²) in [6.07, 6.45) is 4.41. The first kappa shape index (κ1) is 9.89. The van der Waals surface area contributed by atoms with E-state index in [1.54, 1.807) is 0 Å². The Kier molecular flexibility index (Phi) is 2.30. The summed E-state index contributed by atoms with van der Waals surface area (Å²) in [6.45, 7) is 0. The molecule has 0 radical (unpaired) electrons. The Morgan fingerprint density at radius 1 is 1.60 bits per heavy atom. The monoisotopic (exact) mass is 210 g/mol. The van der Waals surface area contributed by atoms with E-state index in [1.165, 1.54) is 12.3 Å². The molecule has 80 valence electrons. The molecule has 4 nitrogen and oxygen atoms in total. The van der Waals surface area contributed by atoms with E-state index in [9.17, 15) is 9.18 Å². The minimum absolute atomic E-state index is 0.201. The minimum Gasteiger partial charge on any atom is -0.480 e. The lowest BCUT2D eigenvalue weighted by Gasteiger charge is -2.39. The maximum atomic E-state index is 13.2. The maximum absolute atomic E-state index is 13.2. The molecule has 1 fully saturated rings. The molecule has 2 rings (SSSR count). The van der Waals surface area contributed by atoms with Crippen LogP contribution in [0.4, 0.5) is 10.1 Å². The van der Waals surface area contributed by atoms with Gasteiger partial charge in [-0.2, -0.15) is 0 Å².